The normalized spacial score (nSPS) is 10.6. The molecule has 3 aromatic rings. The summed E-state index contributed by atoms with van der Waals surface area (Å²) < 4.78 is 11.1. The van der Waals surface area contributed by atoms with Crippen molar-refractivity contribution in [2.24, 2.45) is 0 Å². The number of aromatic nitrogens is 2. The molecule has 27 heavy (non-hydrogen) atoms. The Morgan fingerprint density at radius 2 is 1.85 bits per heavy atom. The van der Waals surface area contributed by atoms with Crippen LogP contribution in [0.5, 0.6) is 5.75 Å². The number of nitrogens with one attached hydrogen (secondary N) is 1. The number of aryl methyl sites for hydroxylation is 1. The molecule has 2 aromatic carbocycles. The van der Waals surface area contributed by atoms with Gasteiger partial charge in [0, 0.05) is 17.5 Å². The van der Waals surface area contributed by atoms with Crippen LogP contribution in [0.15, 0.2) is 60.9 Å². The first kappa shape index (κ1) is 18.7. The lowest BCUT2D eigenvalue weighted by Gasteiger charge is -2.11. The van der Waals surface area contributed by atoms with E-state index in [1.165, 1.54) is 0 Å². The zero-order chi connectivity index (χ0) is 19.1. The van der Waals surface area contributed by atoms with Crippen molar-refractivity contribution < 1.29 is 9.47 Å². The zero-order valence-electron chi connectivity index (χ0n) is 15.9. The number of hydrogen-bond donors (Lipinski definition) is 1. The Kier molecular flexibility index (Phi) is 6.26. The van der Waals surface area contributed by atoms with Gasteiger partial charge in [-0.05, 0) is 56.7 Å². The first-order chi connectivity index (χ1) is 13.2. The summed E-state index contributed by atoms with van der Waals surface area (Å²) in [6.07, 6.45) is 1.69. The second kappa shape index (κ2) is 9.03. The molecule has 1 N–H and O–H groups in total. The zero-order valence-corrected chi connectivity index (χ0v) is 15.9. The topological polar surface area (TPSA) is 56.3 Å². The lowest BCUT2D eigenvalue weighted by Crippen LogP contribution is -2.00. The molecule has 0 bridgehead atoms. The van der Waals surface area contributed by atoms with Crippen LogP contribution in [0.1, 0.15) is 25.6 Å². The van der Waals surface area contributed by atoms with Crippen LogP contribution in [0.4, 0.5) is 11.5 Å². The molecule has 5 heteroatoms. The first-order valence-electron chi connectivity index (χ1n) is 9.19. The molecular weight excluding hydrogens is 338 g/mol. The highest BCUT2D eigenvalue weighted by Gasteiger charge is 2.06. The third-order valence-electron chi connectivity index (χ3n) is 4.05. The number of benzene rings is 2. The second-order valence-electron chi connectivity index (χ2n) is 6.21. The minimum Gasteiger partial charge on any atom is -0.499 e. The van der Waals surface area contributed by atoms with Gasteiger partial charge in [0.15, 0.2) is 0 Å². The number of nitrogens with zero attached hydrogens (tertiary/aromatic N) is 2. The van der Waals surface area contributed by atoms with Crippen LogP contribution in [0.3, 0.4) is 0 Å². The van der Waals surface area contributed by atoms with Gasteiger partial charge in [-0.3, -0.25) is 0 Å². The molecule has 1 aromatic heterocycles. The Balaban J connectivity index is 1.59. The van der Waals surface area contributed by atoms with Crippen LogP contribution in [-0.2, 0) is 4.74 Å². The van der Waals surface area contributed by atoms with E-state index in [2.05, 4.69) is 21.9 Å². The van der Waals surface area contributed by atoms with E-state index in [1.807, 2.05) is 62.4 Å². The second-order valence-corrected chi connectivity index (χ2v) is 6.21. The third kappa shape index (κ3) is 5.20. The number of para-hydroxylation sites is 1. The van der Waals surface area contributed by atoms with E-state index in [-0.39, 0.29) is 0 Å². The van der Waals surface area contributed by atoms with Gasteiger partial charge in [-0.2, -0.15) is 0 Å². The fourth-order valence-electron chi connectivity index (χ4n) is 2.79. The Hall–Kier alpha value is -3.08. The molecule has 140 valence electrons. The molecular formula is C22H25N3O2. The Bertz CT molecular complexity index is 907. The van der Waals surface area contributed by atoms with Gasteiger partial charge in [-0.25, -0.2) is 9.97 Å². The highest BCUT2D eigenvalue weighted by molar-refractivity contribution is 5.90. The lowest BCUT2D eigenvalue weighted by molar-refractivity contribution is 0.211. The summed E-state index contributed by atoms with van der Waals surface area (Å²) in [5, 5.41) is 4.37. The predicted molar refractivity (Wildman–Crippen MR) is 109 cm³/mol. The van der Waals surface area contributed by atoms with Crippen molar-refractivity contribution in [3.63, 3.8) is 0 Å². The van der Waals surface area contributed by atoms with E-state index in [1.54, 1.807) is 0 Å². The lowest BCUT2D eigenvalue weighted by atomic mass is 10.2. The molecule has 0 aliphatic heterocycles. The number of hydrogen-bond acceptors (Lipinski definition) is 5. The van der Waals surface area contributed by atoms with Crippen LogP contribution in [0, 0.1) is 6.92 Å². The van der Waals surface area contributed by atoms with Gasteiger partial charge in [-0.15, -0.1) is 0 Å². The van der Waals surface area contributed by atoms with Gasteiger partial charge in [0.25, 0.3) is 0 Å². The van der Waals surface area contributed by atoms with Crippen LogP contribution < -0.4 is 10.1 Å². The van der Waals surface area contributed by atoms with E-state index in [9.17, 15) is 0 Å². The smallest absolute Gasteiger partial charge is 0.142 e. The summed E-state index contributed by atoms with van der Waals surface area (Å²) in [7, 11) is 0. The molecule has 0 radical (unpaired) electrons. The van der Waals surface area contributed by atoms with E-state index in [0.717, 1.165) is 52.6 Å². The van der Waals surface area contributed by atoms with Crippen LogP contribution >= 0.6 is 0 Å². The van der Waals surface area contributed by atoms with Crippen molar-refractivity contribution in [2.45, 2.75) is 26.7 Å². The van der Waals surface area contributed by atoms with Gasteiger partial charge >= 0.3 is 0 Å². The maximum absolute atomic E-state index is 5.78. The summed E-state index contributed by atoms with van der Waals surface area (Å²) in [6.45, 7) is 9.03. The fraction of sp³-hybridized carbons (Fsp3) is 0.273. The standard InChI is InChI=1S/C22H25N3O2/c1-4-26-16(2)8-7-15-27-19-13-11-18(12-14-19)25-22-20-9-5-6-10-21(20)23-17(3)24-22/h5-6,9-14H,2,4,7-8,15H2,1,3H3,(H,23,24,25). The first-order valence-corrected chi connectivity index (χ1v) is 9.19. The third-order valence-corrected chi connectivity index (χ3v) is 4.05. The Morgan fingerprint density at radius 1 is 1.07 bits per heavy atom. The van der Waals surface area contributed by atoms with Crippen LogP contribution in [0.25, 0.3) is 10.9 Å². The molecule has 0 fully saturated rings. The number of anilines is 2. The predicted octanol–water partition coefficient (Wildman–Crippen LogP) is 5.39. The monoisotopic (exact) mass is 363 g/mol. The SMILES string of the molecule is C=C(CCCOc1ccc(Nc2nc(C)nc3ccccc23)cc1)OCC. The Morgan fingerprint density at radius 3 is 2.63 bits per heavy atom. The van der Waals surface area contributed by atoms with Gasteiger partial charge < -0.3 is 14.8 Å². The quantitative estimate of drug-likeness (QED) is 0.408. The summed E-state index contributed by atoms with van der Waals surface area (Å²) in [5.41, 5.74) is 1.89. The van der Waals surface area contributed by atoms with Gasteiger partial charge in [-0.1, -0.05) is 18.7 Å². The molecule has 0 unspecified atom stereocenters. The average Bonchev–Trinajstić information content (AvgIpc) is 2.66. The molecule has 0 aliphatic carbocycles. The molecule has 0 amide bonds. The summed E-state index contributed by atoms with van der Waals surface area (Å²) in [4.78, 5) is 9.01. The molecule has 0 spiro atoms. The van der Waals surface area contributed by atoms with E-state index < -0.39 is 0 Å². The van der Waals surface area contributed by atoms with Crippen molar-refractivity contribution in [2.75, 3.05) is 18.5 Å². The maximum Gasteiger partial charge on any atom is 0.142 e. The highest BCUT2D eigenvalue weighted by atomic mass is 16.5. The minimum atomic E-state index is 0.634. The van der Waals surface area contributed by atoms with Crippen molar-refractivity contribution in [1.29, 1.82) is 0 Å². The fourth-order valence-corrected chi connectivity index (χ4v) is 2.79. The summed E-state index contributed by atoms with van der Waals surface area (Å²) >= 11 is 0. The van der Waals surface area contributed by atoms with Gasteiger partial charge in [0.1, 0.15) is 17.4 Å². The minimum absolute atomic E-state index is 0.634. The van der Waals surface area contributed by atoms with Crippen LogP contribution in [-0.4, -0.2) is 23.2 Å². The Labute approximate surface area is 160 Å². The highest BCUT2D eigenvalue weighted by Crippen LogP contribution is 2.25. The van der Waals surface area contributed by atoms with Crippen molar-refractivity contribution in [3.8, 4) is 5.75 Å². The molecule has 0 saturated heterocycles. The van der Waals surface area contributed by atoms with Crippen LogP contribution in [0.2, 0.25) is 0 Å². The molecule has 5 nitrogen and oxygen atoms in total. The molecule has 0 atom stereocenters. The van der Waals surface area contributed by atoms with Gasteiger partial charge in [0.05, 0.1) is 24.5 Å². The van der Waals surface area contributed by atoms with Gasteiger partial charge in [0.2, 0.25) is 0 Å². The van der Waals surface area contributed by atoms with E-state index in [4.69, 9.17) is 9.47 Å². The molecule has 1 heterocycles. The number of allylic oxidation sites excluding steroid dienone is 1. The number of fused-ring (bicyclic) bond motifs is 1. The average molecular weight is 363 g/mol. The number of rotatable bonds is 9. The maximum atomic E-state index is 5.78. The van der Waals surface area contributed by atoms with E-state index >= 15 is 0 Å². The molecule has 3 rings (SSSR count). The number of ether oxygens (including phenoxy) is 2. The van der Waals surface area contributed by atoms with E-state index in [0.29, 0.717) is 13.2 Å². The largest absolute Gasteiger partial charge is 0.499 e. The van der Waals surface area contributed by atoms with Crippen molar-refractivity contribution >= 4 is 22.4 Å². The summed E-state index contributed by atoms with van der Waals surface area (Å²) in [6, 6.07) is 15.9. The molecule has 0 saturated carbocycles. The molecule has 0 aliphatic rings. The van der Waals surface area contributed by atoms with Crippen molar-refractivity contribution in [3.05, 3.63) is 66.7 Å². The summed E-state index contributed by atoms with van der Waals surface area (Å²) in [5.74, 6) is 3.20. The van der Waals surface area contributed by atoms with Crippen molar-refractivity contribution in [1.82, 2.24) is 9.97 Å².